The van der Waals surface area contributed by atoms with Crippen molar-refractivity contribution >= 4 is 24.4 Å². The number of carbonyl (C=O) groups is 2. The lowest BCUT2D eigenvalue weighted by atomic mass is 10.1. The SMILES string of the molecule is C=O.C=O.CC.c1ccc2ccccc2c1. The zero-order chi connectivity index (χ0) is 12.8. The molecule has 0 fully saturated rings. The maximum atomic E-state index is 8.00. The molecule has 0 radical (unpaired) electrons. The maximum absolute atomic E-state index is 8.00. The van der Waals surface area contributed by atoms with Crippen LogP contribution in [-0.2, 0) is 9.59 Å². The molecule has 0 unspecified atom stereocenters. The van der Waals surface area contributed by atoms with Crippen molar-refractivity contribution in [3.05, 3.63) is 48.5 Å². The van der Waals surface area contributed by atoms with Gasteiger partial charge in [0, 0.05) is 0 Å². The highest BCUT2D eigenvalue weighted by Gasteiger charge is 1.85. The van der Waals surface area contributed by atoms with E-state index in [4.69, 9.17) is 9.59 Å². The van der Waals surface area contributed by atoms with E-state index in [0.717, 1.165) is 0 Å². The Kier molecular flexibility index (Phi) is 13.4. The molecule has 2 aromatic carbocycles. The summed E-state index contributed by atoms with van der Waals surface area (Å²) in [7, 11) is 0. The number of carbonyl (C=O) groups excluding carboxylic acids is 2. The van der Waals surface area contributed by atoms with Gasteiger partial charge in [-0.1, -0.05) is 62.4 Å². The fourth-order valence-electron chi connectivity index (χ4n) is 1.13. The minimum atomic E-state index is 1.31. The van der Waals surface area contributed by atoms with E-state index in [1.54, 1.807) is 0 Å². The van der Waals surface area contributed by atoms with Gasteiger partial charge in [-0.2, -0.15) is 0 Å². The van der Waals surface area contributed by atoms with E-state index in [2.05, 4.69) is 48.5 Å². The normalized spacial score (nSPS) is 7.12. The summed E-state index contributed by atoms with van der Waals surface area (Å²) in [5.74, 6) is 0. The number of fused-ring (bicyclic) bond motifs is 1. The van der Waals surface area contributed by atoms with Crippen LogP contribution in [0, 0.1) is 0 Å². The van der Waals surface area contributed by atoms with Crippen molar-refractivity contribution in [3.8, 4) is 0 Å². The summed E-state index contributed by atoms with van der Waals surface area (Å²) in [6, 6.07) is 16.7. The second-order valence-electron chi connectivity index (χ2n) is 2.35. The van der Waals surface area contributed by atoms with Crippen molar-refractivity contribution in [1.82, 2.24) is 0 Å². The standard InChI is InChI=1S/C10H8.C2H6.2CH2O/c1-2-6-10-8-4-3-7-9(10)5-1;3*1-2/h1-8H;1-2H3;2*1H2. The van der Waals surface area contributed by atoms with Crippen molar-refractivity contribution in [2.75, 3.05) is 0 Å². The molecule has 2 nitrogen and oxygen atoms in total. The van der Waals surface area contributed by atoms with Crippen LogP contribution in [0.1, 0.15) is 13.8 Å². The molecule has 86 valence electrons. The van der Waals surface area contributed by atoms with Gasteiger partial charge in [-0.3, -0.25) is 0 Å². The van der Waals surface area contributed by atoms with Gasteiger partial charge in [-0.25, -0.2) is 0 Å². The minimum absolute atomic E-state index is 1.31. The van der Waals surface area contributed by atoms with Gasteiger partial charge in [0.05, 0.1) is 0 Å². The van der Waals surface area contributed by atoms with Crippen molar-refractivity contribution in [3.63, 3.8) is 0 Å². The van der Waals surface area contributed by atoms with Crippen LogP contribution in [0.5, 0.6) is 0 Å². The van der Waals surface area contributed by atoms with E-state index in [0.29, 0.717) is 0 Å². The Hall–Kier alpha value is -1.96. The Morgan fingerprint density at radius 3 is 1.00 bits per heavy atom. The Morgan fingerprint density at radius 2 is 0.812 bits per heavy atom. The summed E-state index contributed by atoms with van der Waals surface area (Å²) in [6.07, 6.45) is 0. The maximum Gasteiger partial charge on any atom is 0.106 e. The van der Waals surface area contributed by atoms with Crippen LogP contribution in [0.4, 0.5) is 0 Å². The van der Waals surface area contributed by atoms with Crippen LogP contribution in [0.25, 0.3) is 10.8 Å². The topological polar surface area (TPSA) is 34.1 Å². The molecule has 0 aliphatic carbocycles. The number of rotatable bonds is 0. The van der Waals surface area contributed by atoms with Crippen LogP contribution >= 0.6 is 0 Å². The first-order valence-corrected chi connectivity index (χ1v) is 4.98. The molecule has 2 rings (SSSR count). The molecular formula is C14H18O2. The average molecular weight is 218 g/mol. The first kappa shape index (κ1) is 16.5. The van der Waals surface area contributed by atoms with Gasteiger partial charge in [0.2, 0.25) is 0 Å². The van der Waals surface area contributed by atoms with E-state index in [1.807, 2.05) is 27.4 Å². The highest BCUT2D eigenvalue weighted by atomic mass is 16.1. The van der Waals surface area contributed by atoms with Crippen molar-refractivity contribution in [2.45, 2.75) is 13.8 Å². The second-order valence-corrected chi connectivity index (χ2v) is 2.35. The fourth-order valence-corrected chi connectivity index (χ4v) is 1.13. The fraction of sp³-hybridized carbons (Fsp3) is 0.143. The number of hydrogen-bond donors (Lipinski definition) is 0. The van der Waals surface area contributed by atoms with Crippen LogP contribution < -0.4 is 0 Å². The number of benzene rings is 2. The summed E-state index contributed by atoms with van der Waals surface area (Å²) in [5, 5.41) is 2.62. The molecule has 0 aliphatic rings. The summed E-state index contributed by atoms with van der Waals surface area (Å²) in [4.78, 5) is 16.0. The molecule has 0 bridgehead atoms. The molecule has 0 spiro atoms. The Morgan fingerprint density at radius 1 is 0.625 bits per heavy atom. The van der Waals surface area contributed by atoms with Crippen LogP contribution in [0.3, 0.4) is 0 Å². The van der Waals surface area contributed by atoms with Crippen LogP contribution in [0.2, 0.25) is 0 Å². The molecule has 0 heterocycles. The Bertz CT molecular complexity index is 304. The van der Waals surface area contributed by atoms with Crippen LogP contribution in [0.15, 0.2) is 48.5 Å². The van der Waals surface area contributed by atoms with E-state index in [9.17, 15) is 0 Å². The molecule has 0 saturated heterocycles. The van der Waals surface area contributed by atoms with Crippen molar-refractivity contribution in [2.24, 2.45) is 0 Å². The summed E-state index contributed by atoms with van der Waals surface area (Å²) in [5.41, 5.74) is 0. The smallest absolute Gasteiger partial charge is 0.106 e. The lowest BCUT2D eigenvalue weighted by molar-refractivity contribution is -0.0987. The van der Waals surface area contributed by atoms with E-state index in [-0.39, 0.29) is 0 Å². The third-order valence-electron chi connectivity index (χ3n) is 1.66. The molecule has 16 heavy (non-hydrogen) atoms. The highest BCUT2D eigenvalue weighted by Crippen LogP contribution is 2.11. The summed E-state index contributed by atoms with van der Waals surface area (Å²) < 4.78 is 0. The molecule has 0 amide bonds. The van der Waals surface area contributed by atoms with Gasteiger partial charge in [-0.15, -0.1) is 0 Å². The predicted molar refractivity (Wildman–Crippen MR) is 69.5 cm³/mol. The molecule has 0 aromatic heterocycles. The third kappa shape index (κ3) is 5.70. The van der Waals surface area contributed by atoms with Gasteiger partial charge in [0.25, 0.3) is 0 Å². The quantitative estimate of drug-likeness (QED) is 0.678. The average Bonchev–Trinajstić information content (AvgIpc) is 2.45. The molecule has 0 N–H and O–H groups in total. The minimum Gasteiger partial charge on any atom is -0.307 e. The molecule has 2 aromatic rings. The Labute approximate surface area is 96.9 Å². The van der Waals surface area contributed by atoms with E-state index in [1.165, 1.54) is 10.8 Å². The zero-order valence-corrected chi connectivity index (χ0v) is 9.85. The van der Waals surface area contributed by atoms with E-state index >= 15 is 0 Å². The molecule has 0 saturated carbocycles. The van der Waals surface area contributed by atoms with Crippen molar-refractivity contribution < 1.29 is 9.59 Å². The monoisotopic (exact) mass is 218 g/mol. The summed E-state index contributed by atoms with van der Waals surface area (Å²) in [6.45, 7) is 8.00. The largest absolute Gasteiger partial charge is 0.307 e. The van der Waals surface area contributed by atoms with Gasteiger partial charge in [-0.05, 0) is 10.8 Å². The Balaban J connectivity index is 0. The molecule has 0 atom stereocenters. The van der Waals surface area contributed by atoms with Gasteiger partial charge >= 0.3 is 0 Å². The van der Waals surface area contributed by atoms with Gasteiger partial charge in [0.1, 0.15) is 13.6 Å². The molecule has 0 aliphatic heterocycles. The highest BCUT2D eigenvalue weighted by molar-refractivity contribution is 5.81. The van der Waals surface area contributed by atoms with Crippen LogP contribution in [-0.4, -0.2) is 13.6 Å². The second kappa shape index (κ2) is 13.0. The van der Waals surface area contributed by atoms with Crippen molar-refractivity contribution in [1.29, 1.82) is 0 Å². The molecule has 2 heteroatoms. The summed E-state index contributed by atoms with van der Waals surface area (Å²) >= 11 is 0. The molecular weight excluding hydrogens is 200 g/mol. The lowest BCUT2D eigenvalue weighted by Gasteiger charge is -1.92. The predicted octanol–water partition coefficient (Wildman–Crippen LogP) is 3.50. The first-order valence-electron chi connectivity index (χ1n) is 4.98. The zero-order valence-electron chi connectivity index (χ0n) is 9.85. The van der Waals surface area contributed by atoms with Gasteiger partial charge < -0.3 is 9.59 Å². The third-order valence-corrected chi connectivity index (χ3v) is 1.66. The number of hydrogen-bond acceptors (Lipinski definition) is 2. The first-order chi connectivity index (χ1) is 7.97. The van der Waals surface area contributed by atoms with Gasteiger partial charge in [0.15, 0.2) is 0 Å². The van der Waals surface area contributed by atoms with E-state index < -0.39 is 0 Å². The lowest BCUT2D eigenvalue weighted by Crippen LogP contribution is -1.67.